The minimum Gasteiger partial charge on any atom is -0.744 e. The third-order valence-electron chi connectivity index (χ3n) is 5.48. The summed E-state index contributed by atoms with van der Waals surface area (Å²) >= 11 is 0. The zero-order chi connectivity index (χ0) is 24.5. The van der Waals surface area contributed by atoms with E-state index < -0.39 is 30.0 Å². The molecule has 0 bridgehead atoms. The molecule has 0 radical (unpaired) electrons. The largest absolute Gasteiger partial charge is 1.00 e. The number of fused-ring (bicyclic) bond motifs is 1. The topological polar surface area (TPSA) is 136 Å². The van der Waals surface area contributed by atoms with Crippen LogP contribution in [0.5, 0.6) is 5.75 Å². The molecule has 0 aliphatic carbocycles. The standard InChI is InChI=1S/C24H23NO7S2.2Na/c1-2-32-19-12-11-16(23(13-19)33(26,27)28)9-10-17-5-3-8-21(24(17)34(29,30)31)20-7-4-6-18-14-25-15-22(18)20;;/h3-13,25H,2,14-15H2,1H3,(H,26,27,28)(H,29,30,31);;/q;2*+1/p-2. The van der Waals surface area contributed by atoms with E-state index in [-0.39, 0.29) is 88.2 Å². The second kappa shape index (κ2) is 12.7. The van der Waals surface area contributed by atoms with Crippen LogP contribution in [0.25, 0.3) is 23.3 Å². The first-order valence-electron chi connectivity index (χ1n) is 10.4. The molecule has 0 aromatic heterocycles. The van der Waals surface area contributed by atoms with Gasteiger partial charge in [-0.25, -0.2) is 16.8 Å². The summed E-state index contributed by atoms with van der Waals surface area (Å²) in [6.07, 6.45) is 2.62. The minimum absolute atomic E-state index is 0. The molecule has 0 saturated carbocycles. The van der Waals surface area contributed by atoms with Crippen LogP contribution in [0.2, 0.25) is 0 Å². The SMILES string of the molecule is CCOc1ccc(C=Cc2cccc(-c3cccc4c3CNC4)c2S(=O)(=O)[O-])c(S(=O)(=O)[O-])c1.[Na+].[Na+]. The van der Waals surface area contributed by atoms with Crippen LogP contribution in [0.15, 0.2) is 64.4 Å². The van der Waals surface area contributed by atoms with E-state index in [1.165, 1.54) is 30.4 Å². The second-order valence-electron chi connectivity index (χ2n) is 7.64. The van der Waals surface area contributed by atoms with E-state index in [0.29, 0.717) is 18.7 Å². The van der Waals surface area contributed by atoms with Gasteiger partial charge in [0.25, 0.3) is 0 Å². The van der Waals surface area contributed by atoms with Crippen molar-refractivity contribution in [2.45, 2.75) is 29.8 Å². The average Bonchev–Trinajstić information content (AvgIpc) is 3.26. The number of hydrogen-bond acceptors (Lipinski definition) is 8. The van der Waals surface area contributed by atoms with E-state index in [4.69, 9.17) is 4.74 Å². The van der Waals surface area contributed by atoms with Gasteiger partial charge in [0.2, 0.25) is 0 Å². The molecule has 1 aliphatic rings. The Morgan fingerprint density at radius 1 is 0.861 bits per heavy atom. The zero-order valence-electron chi connectivity index (χ0n) is 20.1. The maximum Gasteiger partial charge on any atom is 1.00 e. The van der Waals surface area contributed by atoms with Crippen LogP contribution in [-0.2, 0) is 33.3 Å². The summed E-state index contributed by atoms with van der Waals surface area (Å²) in [5, 5.41) is 3.21. The molecule has 0 amide bonds. The van der Waals surface area contributed by atoms with Gasteiger partial charge in [-0.3, -0.25) is 0 Å². The summed E-state index contributed by atoms with van der Waals surface area (Å²) in [5.74, 6) is 0.213. The predicted octanol–water partition coefficient (Wildman–Crippen LogP) is -2.66. The van der Waals surface area contributed by atoms with Crippen molar-refractivity contribution in [1.82, 2.24) is 5.32 Å². The molecule has 8 nitrogen and oxygen atoms in total. The minimum atomic E-state index is -4.91. The number of nitrogens with one attached hydrogen (secondary N) is 1. The van der Waals surface area contributed by atoms with Gasteiger partial charge < -0.3 is 19.2 Å². The van der Waals surface area contributed by atoms with E-state index in [9.17, 15) is 25.9 Å². The van der Waals surface area contributed by atoms with Crippen LogP contribution in [0.1, 0.15) is 29.2 Å². The van der Waals surface area contributed by atoms with E-state index in [1.54, 1.807) is 31.2 Å². The number of rotatable bonds is 7. The first kappa shape index (κ1) is 31.2. The fourth-order valence-electron chi connectivity index (χ4n) is 4.07. The number of ether oxygens (including phenoxy) is 1. The Bertz CT molecular complexity index is 1500. The molecule has 36 heavy (non-hydrogen) atoms. The summed E-state index contributed by atoms with van der Waals surface area (Å²) in [6.45, 7) is 3.19. The normalized spacial score (nSPS) is 13.1. The third-order valence-corrected chi connectivity index (χ3v) is 7.33. The molecule has 0 spiro atoms. The van der Waals surface area contributed by atoms with Gasteiger partial charge in [-0.15, -0.1) is 0 Å². The molecule has 3 aromatic rings. The third kappa shape index (κ3) is 6.89. The Morgan fingerprint density at radius 3 is 2.19 bits per heavy atom. The van der Waals surface area contributed by atoms with Crippen LogP contribution < -0.4 is 69.2 Å². The summed E-state index contributed by atoms with van der Waals surface area (Å²) in [4.78, 5) is -0.923. The molecule has 0 saturated heterocycles. The van der Waals surface area contributed by atoms with Gasteiger partial charge in [-0.1, -0.05) is 54.6 Å². The molecule has 0 unspecified atom stereocenters. The maximum atomic E-state index is 12.3. The molecule has 12 heteroatoms. The molecule has 178 valence electrons. The van der Waals surface area contributed by atoms with E-state index in [2.05, 4.69) is 5.32 Å². The number of hydrogen-bond donors (Lipinski definition) is 1. The Kier molecular flexibility index (Phi) is 11.0. The molecular weight excluding hydrogens is 524 g/mol. The summed E-state index contributed by atoms with van der Waals surface area (Å²) < 4.78 is 77.7. The van der Waals surface area contributed by atoms with Gasteiger partial charge in [0.15, 0.2) is 0 Å². The molecular formula is C24H21NNa2O7S2. The molecule has 1 aliphatic heterocycles. The molecule has 3 aromatic carbocycles. The Morgan fingerprint density at radius 2 is 1.53 bits per heavy atom. The second-order valence-corrected chi connectivity index (χ2v) is 10.3. The molecule has 4 rings (SSSR count). The predicted molar refractivity (Wildman–Crippen MR) is 125 cm³/mol. The zero-order valence-corrected chi connectivity index (χ0v) is 25.8. The Hall–Kier alpha value is -1.02. The van der Waals surface area contributed by atoms with Crippen molar-refractivity contribution in [2.24, 2.45) is 0 Å². The molecule has 1 heterocycles. The van der Waals surface area contributed by atoms with Gasteiger partial charge in [-0.2, -0.15) is 0 Å². The van der Waals surface area contributed by atoms with Crippen molar-refractivity contribution in [3.8, 4) is 16.9 Å². The van der Waals surface area contributed by atoms with Crippen molar-refractivity contribution in [3.05, 3.63) is 76.9 Å². The summed E-state index contributed by atoms with van der Waals surface area (Å²) in [6, 6.07) is 14.1. The first-order valence-corrected chi connectivity index (χ1v) is 13.2. The van der Waals surface area contributed by atoms with Gasteiger partial charge >= 0.3 is 59.1 Å². The van der Waals surface area contributed by atoms with Crippen molar-refractivity contribution < 1.29 is 89.8 Å². The molecule has 1 N–H and O–H groups in total. The van der Waals surface area contributed by atoms with Crippen LogP contribution in [-0.4, -0.2) is 32.5 Å². The maximum absolute atomic E-state index is 12.3. The van der Waals surface area contributed by atoms with Crippen LogP contribution in [0, 0.1) is 0 Å². The summed E-state index contributed by atoms with van der Waals surface area (Å²) in [7, 11) is -9.75. The Labute approximate surface area is 255 Å². The fourth-order valence-corrected chi connectivity index (χ4v) is 5.62. The van der Waals surface area contributed by atoms with Crippen LogP contribution in [0.4, 0.5) is 0 Å². The van der Waals surface area contributed by atoms with Crippen molar-refractivity contribution in [3.63, 3.8) is 0 Å². The molecule has 0 atom stereocenters. The van der Waals surface area contributed by atoms with E-state index >= 15 is 0 Å². The molecule has 0 fully saturated rings. The quantitative estimate of drug-likeness (QED) is 0.193. The van der Waals surface area contributed by atoms with Crippen LogP contribution in [0.3, 0.4) is 0 Å². The summed E-state index contributed by atoms with van der Waals surface area (Å²) in [5.41, 5.74) is 2.96. The van der Waals surface area contributed by atoms with Crippen LogP contribution >= 0.6 is 0 Å². The van der Waals surface area contributed by atoms with Crippen molar-refractivity contribution >= 4 is 32.4 Å². The van der Waals surface area contributed by atoms with Gasteiger partial charge in [0.05, 0.1) is 16.4 Å². The van der Waals surface area contributed by atoms with Gasteiger partial charge in [-0.05, 0) is 46.9 Å². The van der Waals surface area contributed by atoms with Gasteiger partial charge in [0, 0.05) is 18.7 Å². The average molecular weight is 546 g/mol. The van der Waals surface area contributed by atoms with Crippen molar-refractivity contribution in [2.75, 3.05) is 6.61 Å². The monoisotopic (exact) mass is 545 g/mol. The first-order chi connectivity index (χ1) is 16.1. The number of benzene rings is 3. The fraction of sp³-hybridized carbons (Fsp3) is 0.167. The van der Waals surface area contributed by atoms with E-state index in [1.807, 2.05) is 6.07 Å². The smallest absolute Gasteiger partial charge is 0.744 e. The van der Waals surface area contributed by atoms with Gasteiger partial charge in [0.1, 0.15) is 26.0 Å². The van der Waals surface area contributed by atoms with E-state index in [0.717, 1.165) is 17.2 Å². The Balaban J connectivity index is 0.00000228. The van der Waals surface area contributed by atoms with Crippen molar-refractivity contribution in [1.29, 1.82) is 0 Å².